The van der Waals surface area contributed by atoms with Gasteiger partial charge in [0.1, 0.15) is 5.00 Å². The fraction of sp³-hybridized carbons (Fsp3) is 1.00. The Hall–Kier alpha value is 0.500. The van der Waals surface area contributed by atoms with E-state index in [-0.39, 0.29) is 11.5 Å². The van der Waals surface area contributed by atoms with Crippen molar-refractivity contribution in [1.82, 2.24) is 10.6 Å². The van der Waals surface area contributed by atoms with E-state index in [9.17, 15) is 0 Å². The molecule has 0 heterocycles. The van der Waals surface area contributed by atoms with Crippen molar-refractivity contribution in [3.8, 4) is 0 Å². The first kappa shape index (κ1) is 19.5. The van der Waals surface area contributed by atoms with E-state index in [0.717, 1.165) is 32.4 Å². The summed E-state index contributed by atoms with van der Waals surface area (Å²) in [5, 5.41) is 7.22. The van der Waals surface area contributed by atoms with Crippen molar-refractivity contribution >= 4 is 23.2 Å². The Morgan fingerprint density at radius 1 is 1.00 bits per heavy atom. The Kier molecular flexibility index (Phi) is 7.31. The number of hydrogen-bond acceptors (Lipinski definition) is 2. The molecule has 126 valence electrons. The van der Waals surface area contributed by atoms with Crippen LogP contribution >= 0.6 is 23.2 Å². The van der Waals surface area contributed by atoms with Gasteiger partial charge in [-0.1, -0.05) is 40.5 Å². The van der Waals surface area contributed by atoms with Crippen molar-refractivity contribution in [1.29, 1.82) is 0 Å². The van der Waals surface area contributed by atoms with Crippen molar-refractivity contribution in [2.24, 2.45) is 5.41 Å². The van der Waals surface area contributed by atoms with Crippen molar-refractivity contribution in [3.63, 3.8) is 0 Å². The van der Waals surface area contributed by atoms with Gasteiger partial charge in [0.05, 0.1) is 4.87 Å². The molecule has 1 aliphatic rings. The Balaban J connectivity index is 2.84. The third-order valence-corrected chi connectivity index (χ3v) is 6.11. The van der Waals surface area contributed by atoms with E-state index in [0.29, 0.717) is 0 Å². The van der Waals surface area contributed by atoms with Gasteiger partial charge in [0.15, 0.2) is 0 Å². The molecule has 0 radical (unpaired) electrons. The van der Waals surface area contributed by atoms with Crippen molar-refractivity contribution in [3.05, 3.63) is 0 Å². The fourth-order valence-electron chi connectivity index (χ4n) is 3.34. The highest BCUT2D eigenvalue weighted by Gasteiger charge is 2.57. The van der Waals surface area contributed by atoms with Gasteiger partial charge in [0.2, 0.25) is 0 Å². The maximum Gasteiger partial charge on any atom is 0.115 e. The first-order chi connectivity index (χ1) is 9.68. The Bertz CT molecular complexity index is 318. The summed E-state index contributed by atoms with van der Waals surface area (Å²) in [5.41, 5.74) is 0.194. The van der Waals surface area contributed by atoms with Crippen molar-refractivity contribution < 1.29 is 0 Å². The second-order valence-electron chi connectivity index (χ2n) is 7.56. The largest absolute Gasteiger partial charge is 0.312 e. The van der Waals surface area contributed by atoms with Gasteiger partial charge in [0.25, 0.3) is 0 Å². The number of rotatable bonds is 8. The molecule has 0 saturated heterocycles. The summed E-state index contributed by atoms with van der Waals surface area (Å²) < 4.78 is 0. The predicted octanol–water partition coefficient (Wildman–Crippen LogP) is 4.89. The first-order valence-electron chi connectivity index (χ1n) is 8.55. The summed E-state index contributed by atoms with van der Waals surface area (Å²) in [6, 6.07) is 0.237. The van der Waals surface area contributed by atoms with Crippen LogP contribution in [0.1, 0.15) is 73.1 Å². The van der Waals surface area contributed by atoms with Gasteiger partial charge in [-0.05, 0) is 51.1 Å². The molecule has 1 fully saturated rings. The van der Waals surface area contributed by atoms with Crippen LogP contribution in [0, 0.1) is 5.41 Å². The standard InChI is InChI=1S/C17H34Cl2N2/c1-6-8-10-20-14-12-15(3,4)13-17(19,16(14,5)18)21-11-9-7-2/h14,20-21H,6-13H2,1-5H3. The minimum absolute atomic E-state index is 0.194. The highest BCUT2D eigenvalue weighted by Crippen LogP contribution is 2.51. The smallest absolute Gasteiger partial charge is 0.115 e. The highest BCUT2D eigenvalue weighted by atomic mass is 35.5. The maximum absolute atomic E-state index is 7.01. The second-order valence-corrected chi connectivity index (χ2v) is 8.99. The molecule has 3 atom stereocenters. The quantitative estimate of drug-likeness (QED) is 0.374. The van der Waals surface area contributed by atoms with Crippen LogP contribution < -0.4 is 10.6 Å². The summed E-state index contributed by atoms with van der Waals surface area (Å²) in [5.74, 6) is 0. The molecule has 0 spiro atoms. The van der Waals surface area contributed by atoms with Gasteiger partial charge < -0.3 is 5.32 Å². The van der Waals surface area contributed by atoms with Gasteiger partial charge in [-0.3, -0.25) is 5.32 Å². The van der Waals surface area contributed by atoms with Crippen LogP contribution in [0.2, 0.25) is 0 Å². The van der Waals surface area contributed by atoms with Crippen LogP contribution in [0.5, 0.6) is 0 Å². The molecule has 2 nitrogen and oxygen atoms in total. The molecule has 1 rings (SSSR count). The van der Waals surface area contributed by atoms with Gasteiger partial charge in [-0.15, -0.1) is 23.2 Å². The molecule has 21 heavy (non-hydrogen) atoms. The first-order valence-corrected chi connectivity index (χ1v) is 9.30. The van der Waals surface area contributed by atoms with E-state index in [2.05, 4.69) is 45.3 Å². The van der Waals surface area contributed by atoms with E-state index in [4.69, 9.17) is 23.2 Å². The van der Waals surface area contributed by atoms with Crippen LogP contribution in [0.3, 0.4) is 0 Å². The van der Waals surface area contributed by atoms with E-state index in [1.807, 2.05) is 0 Å². The SMILES string of the molecule is CCCCNC1CC(C)(C)CC(Cl)(NCCCC)C1(C)Cl. The number of unbranched alkanes of at least 4 members (excludes halogenated alkanes) is 2. The number of hydrogen-bond donors (Lipinski definition) is 2. The normalized spacial score (nSPS) is 35.9. The molecule has 0 aromatic carbocycles. The van der Waals surface area contributed by atoms with Gasteiger partial charge in [-0.2, -0.15) is 0 Å². The van der Waals surface area contributed by atoms with Crippen LogP contribution in [-0.4, -0.2) is 29.0 Å². The molecule has 3 unspecified atom stereocenters. The number of alkyl halides is 2. The third kappa shape index (κ3) is 4.99. The summed E-state index contributed by atoms with van der Waals surface area (Å²) in [7, 11) is 0. The minimum atomic E-state index is -0.546. The molecular weight excluding hydrogens is 303 g/mol. The summed E-state index contributed by atoms with van der Waals surface area (Å²) in [6.07, 6.45) is 6.65. The van der Waals surface area contributed by atoms with Gasteiger partial charge in [-0.25, -0.2) is 0 Å². The lowest BCUT2D eigenvalue weighted by Crippen LogP contribution is -2.68. The third-order valence-electron chi connectivity index (χ3n) is 4.76. The Labute approximate surface area is 141 Å². The van der Waals surface area contributed by atoms with Crippen LogP contribution in [0.4, 0.5) is 0 Å². The molecule has 0 aromatic heterocycles. The zero-order valence-electron chi connectivity index (χ0n) is 14.5. The zero-order valence-corrected chi connectivity index (χ0v) is 16.0. The van der Waals surface area contributed by atoms with Gasteiger partial charge >= 0.3 is 0 Å². The van der Waals surface area contributed by atoms with Crippen LogP contribution in [0.25, 0.3) is 0 Å². The molecule has 4 heteroatoms. The molecule has 0 aliphatic heterocycles. The average molecular weight is 337 g/mol. The number of halogens is 2. The lowest BCUT2D eigenvalue weighted by molar-refractivity contribution is 0.102. The van der Waals surface area contributed by atoms with E-state index < -0.39 is 9.87 Å². The predicted molar refractivity (Wildman–Crippen MR) is 95.5 cm³/mol. The van der Waals surface area contributed by atoms with E-state index >= 15 is 0 Å². The molecule has 0 bridgehead atoms. The summed E-state index contributed by atoms with van der Waals surface area (Å²) in [4.78, 5) is -1.03. The number of nitrogens with one attached hydrogen (secondary N) is 2. The minimum Gasteiger partial charge on any atom is -0.312 e. The molecule has 2 N–H and O–H groups in total. The Morgan fingerprint density at radius 3 is 2.14 bits per heavy atom. The van der Waals surface area contributed by atoms with E-state index in [1.165, 1.54) is 19.3 Å². The van der Waals surface area contributed by atoms with Crippen LogP contribution in [-0.2, 0) is 0 Å². The van der Waals surface area contributed by atoms with Gasteiger partial charge in [0, 0.05) is 6.04 Å². The molecular formula is C17H34Cl2N2. The average Bonchev–Trinajstić information content (AvgIpc) is 2.35. The molecule has 1 saturated carbocycles. The summed E-state index contributed by atoms with van der Waals surface area (Å²) in [6.45, 7) is 13.0. The molecule has 0 amide bonds. The summed E-state index contributed by atoms with van der Waals surface area (Å²) >= 11 is 14.0. The maximum atomic E-state index is 7.01. The second kappa shape index (κ2) is 7.86. The highest BCUT2D eigenvalue weighted by molar-refractivity contribution is 6.35. The fourth-order valence-corrected chi connectivity index (χ4v) is 4.22. The topological polar surface area (TPSA) is 24.1 Å². The lowest BCUT2D eigenvalue weighted by Gasteiger charge is -2.55. The lowest BCUT2D eigenvalue weighted by atomic mass is 9.67. The van der Waals surface area contributed by atoms with Crippen molar-refractivity contribution in [2.45, 2.75) is 89.1 Å². The Morgan fingerprint density at radius 2 is 1.57 bits per heavy atom. The molecule has 0 aromatic rings. The molecule has 1 aliphatic carbocycles. The van der Waals surface area contributed by atoms with E-state index in [1.54, 1.807) is 0 Å². The zero-order chi connectivity index (χ0) is 16.1. The van der Waals surface area contributed by atoms with Crippen LogP contribution in [0.15, 0.2) is 0 Å². The monoisotopic (exact) mass is 336 g/mol. The van der Waals surface area contributed by atoms with Crippen molar-refractivity contribution in [2.75, 3.05) is 13.1 Å².